The van der Waals surface area contributed by atoms with Gasteiger partial charge < -0.3 is 10.1 Å². The standard InChI is InChI=1S/C16H29NO/c1-4-6-11-15(17-14-5-2)16(18-3)12-9-7-8-10-13-16/h1,15,17H,5-14H2,2-3H3. The van der Waals surface area contributed by atoms with Gasteiger partial charge in [-0.1, -0.05) is 32.6 Å². The highest BCUT2D eigenvalue weighted by atomic mass is 16.5. The number of ether oxygens (including phenoxy) is 1. The van der Waals surface area contributed by atoms with Crippen LogP contribution in [0, 0.1) is 12.3 Å². The minimum Gasteiger partial charge on any atom is -0.377 e. The van der Waals surface area contributed by atoms with Crippen LogP contribution in [0.5, 0.6) is 0 Å². The monoisotopic (exact) mass is 251 g/mol. The van der Waals surface area contributed by atoms with Gasteiger partial charge in [-0.15, -0.1) is 12.3 Å². The van der Waals surface area contributed by atoms with Crippen molar-refractivity contribution < 1.29 is 4.74 Å². The lowest BCUT2D eigenvalue weighted by molar-refractivity contribution is -0.0543. The van der Waals surface area contributed by atoms with E-state index in [1.165, 1.54) is 38.5 Å². The number of hydrogen-bond donors (Lipinski definition) is 1. The van der Waals surface area contributed by atoms with E-state index in [1.807, 2.05) is 7.11 Å². The molecule has 0 aliphatic heterocycles. The van der Waals surface area contributed by atoms with Gasteiger partial charge in [0.15, 0.2) is 0 Å². The van der Waals surface area contributed by atoms with Crippen LogP contribution in [0.25, 0.3) is 0 Å². The Kier molecular flexibility index (Phi) is 7.39. The molecule has 2 heteroatoms. The van der Waals surface area contributed by atoms with E-state index in [0.717, 1.165) is 25.8 Å². The van der Waals surface area contributed by atoms with E-state index in [9.17, 15) is 0 Å². The summed E-state index contributed by atoms with van der Waals surface area (Å²) >= 11 is 0. The Labute approximate surface area is 113 Å². The zero-order valence-electron chi connectivity index (χ0n) is 12.1. The van der Waals surface area contributed by atoms with Crippen LogP contribution in [-0.2, 0) is 4.74 Å². The largest absolute Gasteiger partial charge is 0.377 e. The van der Waals surface area contributed by atoms with Crippen molar-refractivity contribution in [1.82, 2.24) is 5.32 Å². The second kappa shape index (κ2) is 8.56. The lowest BCUT2D eigenvalue weighted by Crippen LogP contribution is -2.52. The molecule has 2 nitrogen and oxygen atoms in total. The first kappa shape index (κ1) is 15.5. The molecule has 0 spiro atoms. The average Bonchev–Trinajstić information content (AvgIpc) is 2.65. The molecular weight excluding hydrogens is 222 g/mol. The Hall–Kier alpha value is -0.520. The highest BCUT2D eigenvalue weighted by Gasteiger charge is 2.38. The number of hydrogen-bond acceptors (Lipinski definition) is 2. The van der Waals surface area contributed by atoms with Crippen molar-refractivity contribution in [3.05, 3.63) is 0 Å². The summed E-state index contributed by atoms with van der Waals surface area (Å²) in [5.74, 6) is 2.78. The molecule has 0 bridgehead atoms. The maximum atomic E-state index is 5.98. The molecule has 1 aliphatic rings. The molecule has 0 heterocycles. The summed E-state index contributed by atoms with van der Waals surface area (Å²) in [6.45, 7) is 3.26. The smallest absolute Gasteiger partial charge is 0.0831 e. The van der Waals surface area contributed by atoms with Crippen molar-refractivity contribution in [3.8, 4) is 12.3 Å². The van der Waals surface area contributed by atoms with Gasteiger partial charge in [-0.3, -0.25) is 0 Å². The van der Waals surface area contributed by atoms with E-state index >= 15 is 0 Å². The quantitative estimate of drug-likeness (QED) is 0.552. The molecule has 104 valence electrons. The highest BCUT2D eigenvalue weighted by molar-refractivity contribution is 4.97. The summed E-state index contributed by atoms with van der Waals surface area (Å²) in [5, 5.41) is 3.67. The van der Waals surface area contributed by atoms with Crippen LogP contribution < -0.4 is 5.32 Å². The average molecular weight is 251 g/mol. The van der Waals surface area contributed by atoms with Crippen molar-refractivity contribution in [3.63, 3.8) is 0 Å². The molecule has 1 atom stereocenters. The topological polar surface area (TPSA) is 21.3 Å². The van der Waals surface area contributed by atoms with Crippen LogP contribution in [0.2, 0.25) is 0 Å². The fourth-order valence-corrected chi connectivity index (χ4v) is 3.12. The van der Waals surface area contributed by atoms with Crippen molar-refractivity contribution in [2.45, 2.75) is 76.4 Å². The van der Waals surface area contributed by atoms with E-state index in [1.54, 1.807) is 0 Å². The first-order valence-electron chi connectivity index (χ1n) is 7.51. The van der Waals surface area contributed by atoms with Crippen molar-refractivity contribution in [2.24, 2.45) is 0 Å². The zero-order chi connectivity index (χ0) is 13.3. The molecule has 1 N–H and O–H groups in total. The van der Waals surface area contributed by atoms with E-state index in [4.69, 9.17) is 11.2 Å². The lowest BCUT2D eigenvalue weighted by atomic mass is 9.83. The molecule has 0 aromatic carbocycles. The summed E-state index contributed by atoms with van der Waals surface area (Å²) in [5.41, 5.74) is 0.0164. The van der Waals surface area contributed by atoms with Crippen LogP contribution in [0.15, 0.2) is 0 Å². The third-order valence-corrected chi connectivity index (χ3v) is 4.21. The minimum atomic E-state index is 0.0164. The predicted molar refractivity (Wildman–Crippen MR) is 77.6 cm³/mol. The SMILES string of the molecule is C#CCCC(NCCC)C1(OC)CCCCCC1. The van der Waals surface area contributed by atoms with Gasteiger partial charge in [0.25, 0.3) is 0 Å². The lowest BCUT2D eigenvalue weighted by Gasteiger charge is -2.40. The molecule has 18 heavy (non-hydrogen) atoms. The molecule has 0 aromatic rings. The third-order valence-electron chi connectivity index (χ3n) is 4.21. The first-order valence-corrected chi connectivity index (χ1v) is 7.51. The summed E-state index contributed by atoms with van der Waals surface area (Å²) in [7, 11) is 1.88. The van der Waals surface area contributed by atoms with Crippen LogP contribution in [0.4, 0.5) is 0 Å². The number of methoxy groups -OCH3 is 1. The third kappa shape index (κ3) is 4.30. The molecule has 1 aliphatic carbocycles. The summed E-state index contributed by atoms with van der Waals surface area (Å²) in [4.78, 5) is 0. The Morgan fingerprint density at radius 3 is 2.44 bits per heavy atom. The van der Waals surface area contributed by atoms with Gasteiger partial charge in [0.1, 0.15) is 0 Å². The molecule has 0 radical (unpaired) electrons. The second-order valence-electron chi connectivity index (χ2n) is 5.43. The Bertz CT molecular complexity index is 248. The predicted octanol–water partition coefficient (Wildman–Crippen LogP) is 3.51. The highest BCUT2D eigenvalue weighted by Crippen LogP contribution is 2.34. The minimum absolute atomic E-state index is 0.0164. The normalized spacial score (nSPS) is 20.9. The number of terminal acetylenes is 1. The van der Waals surface area contributed by atoms with E-state index in [2.05, 4.69) is 18.2 Å². The Balaban J connectivity index is 2.72. The van der Waals surface area contributed by atoms with Crippen molar-refractivity contribution >= 4 is 0 Å². The molecule has 1 unspecified atom stereocenters. The first-order chi connectivity index (χ1) is 8.79. The molecular formula is C16H29NO. The number of nitrogens with one attached hydrogen (secondary N) is 1. The van der Waals surface area contributed by atoms with Gasteiger partial charge in [0.05, 0.1) is 5.60 Å². The van der Waals surface area contributed by atoms with Gasteiger partial charge in [0.2, 0.25) is 0 Å². The van der Waals surface area contributed by atoms with E-state index in [0.29, 0.717) is 6.04 Å². The fraction of sp³-hybridized carbons (Fsp3) is 0.875. The summed E-state index contributed by atoms with van der Waals surface area (Å²) in [6.07, 6.45) is 16.1. The van der Waals surface area contributed by atoms with Crippen LogP contribution >= 0.6 is 0 Å². The molecule has 0 saturated heterocycles. The van der Waals surface area contributed by atoms with E-state index < -0.39 is 0 Å². The van der Waals surface area contributed by atoms with Gasteiger partial charge >= 0.3 is 0 Å². The van der Waals surface area contributed by atoms with Gasteiger partial charge in [0, 0.05) is 19.6 Å². The molecule has 0 amide bonds. The van der Waals surface area contributed by atoms with Crippen LogP contribution in [0.1, 0.15) is 64.7 Å². The van der Waals surface area contributed by atoms with Crippen LogP contribution in [-0.4, -0.2) is 25.3 Å². The molecule has 0 aromatic heterocycles. The Morgan fingerprint density at radius 1 is 1.28 bits per heavy atom. The molecule has 1 rings (SSSR count). The van der Waals surface area contributed by atoms with Gasteiger partial charge in [-0.05, 0) is 32.2 Å². The summed E-state index contributed by atoms with van der Waals surface area (Å²) in [6, 6.07) is 0.414. The number of rotatable bonds is 7. The maximum Gasteiger partial charge on any atom is 0.0831 e. The summed E-state index contributed by atoms with van der Waals surface area (Å²) < 4.78 is 5.98. The van der Waals surface area contributed by atoms with Crippen molar-refractivity contribution in [2.75, 3.05) is 13.7 Å². The van der Waals surface area contributed by atoms with Crippen LogP contribution in [0.3, 0.4) is 0 Å². The van der Waals surface area contributed by atoms with Gasteiger partial charge in [-0.25, -0.2) is 0 Å². The zero-order valence-corrected chi connectivity index (χ0v) is 12.1. The Morgan fingerprint density at radius 2 is 1.94 bits per heavy atom. The van der Waals surface area contributed by atoms with E-state index in [-0.39, 0.29) is 5.60 Å². The maximum absolute atomic E-state index is 5.98. The molecule has 1 fully saturated rings. The second-order valence-corrected chi connectivity index (χ2v) is 5.43. The molecule has 1 saturated carbocycles. The fourth-order valence-electron chi connectivity index (χ4n) is 3.12. The van der Waals surface area contributed by atoms with Crippen molar-refractivity contribution in [1.29, 1.82) is 0 Å². The van der Waals surface area contributed by atoms with Gasteiger partial charge in [-0.2, -0.15) is 0 Å².